The first kappa shape index (κ1) is 19.2. The summed E-state index contributed by atoms with van der Waals surface area (Å²) in [7, 11) is 0. The van der Waals surface area contributed by atoms with Crippen LogP contribution in [0.15, 0.2) is 12.5 Å². The molecule has 0 radical (unpaired) electrons. The van der Waals surface area contributed by atoms with Crippen LogP contribution in [0.25, 0.3) is 0 Å². The first-order valence-corrected chi connectivity index (χ1v) is 11.2. The molecule has 2 unspecified atom stereocenters. The number of ether oxygens (including phenoxy) is 1. The maximum Gasteiger partial charge on any atom is 0.275 e. The van der Waals surface area contributed by atoms with Crippen molar-refractivity contribution in [2.24, 2.45) is 17.8 Å². The van der Waals surface area contributed by atoms with E-state index in [1.54, 1.807) is 6.20 Å². The summed E-state index contributed by atoms with van der Waals surface area (Å²) in [5, 5.41) is 12.9. The number of aliphatic hydroxyl groups is 1. The van der Waals surface area contributed by atoms with Crippen LogP contribution in [-0.4, -0.2) is 49.8 Å². The average molecular weight is 401 g/mol. The fraction of sp³-hybridized carbons (Fsp3) is 0.773. The Labute approximate surface area is 172 Å². The molecule has 1 amide bonds. The number of hydrazine groups is 1. The lowest BCUT2D eigenvalue weighted by molar-refractivity contribution is -0.162. The van der Waals surface area contributed by atoms with Gasteiger partial charge in [-0.2, -0.15) is 0 Å². The third-order valence-electron chi connectivity index (χ3n) is 7.39. The van der Waals surface area contributed by atoms with Crippen LogP contribution in [-0.2, 0) is 0 Å². The molecule has 0 aliphatic heterocycles. The minimum Gasteiger partial charge on any atom is -0.474 e. The third kappa shape index (κ3) is 3.52. The molecule has 2 atom stereocenters. The first-order chi connectivity index (χ1) is 13.9. The van der Waals surface area contributed by atoms with Crippen molar-refractivity contribution in [1.82, 2.24) is 20.4 Å². The number of carbonyl (C=O) groups excluding carboxylic acids is 1. The highest BCUT2D eigenvalue weighted by Gasteiger charge is 2.57. The Hall–Kier alpha value is -1.73. The zero-order valence-corrected chi connectivity index (χ0v) is 17.4. The summed E-state index contributed by atoms with van der Waals surface area (Å²) >= 11 is 0. The van der Waals surface area contributed by atoms with Crippen molar-refractivity contribution in [2.75, 3.05) is 0 Å². The van der Waals surface area contributed by atoms with Gasteiger partial charge in [-0.3, -0.25) is 9.80 Å². The lowest BCUT2D eigenvalue weighted by atomic mass is 9.52. The second kappa shape index (κ2) is 7.20. The predicted molar refractivity (Wildman–Crippen MR) is 107 cm³/mol. The molecule has 5 fully saturated rings. The van der Waals surface area contributed by atoms with Gasteiger partial charge in [0.15, 0.2) is 0 Å². The molecule has 7 nitrogen and oxygen atoms in total. The normalized spacial score (nSPS) is 35.6. The Bertz CT molecular complexity index is 765. The molecule has 1 aromatic heterocycles. The monoisotopic (exact) mass is 400 g/mol. The van der Waals surface area contributed by atoms with E-state index in [0.717, 1.165) is 44.9 Å². The Morgan fingerprint density at radius 3 is 2.59 bits per heavy atom. The van der Waals surface area contributed by atoms with Crippen LogP contribution < -0.4 is 10.2 Å². The highest BCUT2D eigenvalue weighted by Crippen LogP contribution is 2.57. The van der Waals surface area contributed by atoms with Gasteiger partial charge in [-0.25, -0.2) is 15.4 Å². The van der Waals surface area contributed by atoms with Crippen LogP contribution in [0.5, 0.6) is 5.88 Å². The quantitative estimate of drug-likeness (QED) is 0.714. The van der Waals surface area contributed by atoms with Crippen molar-refractivity contribution < 1.29 is 14.6 Å². The summed E-state index contributed by atoms with van der Waals surface area (Å²) in [6, 6.07) is 0.463. The van der Waals surface area contributed by atoms with E-state index >= 15 is 0 Å². The van der Waals surface area contributed by atoms with E-state index in [1.165, 1.54) is 12.7 Å². The maximum atomic E-state index is 13.8. The van der Waals surface area contributed by atoms with Gasteiger partial charge in [-0.1, -0.05) is 6.42 Å². The summed E-state index contributed by atoms with van der Waals surface area (Å²) in [5.74, 6) is 1.55. The van der Waals surface area contributed by atoms with Crippen LogP contribution in [0.4, 0.5) is 0 Å². The summed E-state index contributed by atoms with van der Waals surface area (Å²) in [5.41, 5.74) is 3.47. The van der Waals surface area contributed by atoms with Gasteiger partial charge in [-0.15, -0.1) is 0 Å². The minimum absolute atomic E-state index is 0.0695. The number of rotatable bonds is 6. The van der Waals surface area contributed by atoms with Gasteiger partial charge >= 0.3 is 0 Å². The lowest BCUT2D eigenvalue weighted by Crippen LogP contribution is -2.66. The number of hydrogen-bond donors (Lipinski definition) is 2. The molecule has 5 aliphatic rings. The van der Waals surface area contributed by atoms with Crippen LogP contribution in [0.2, 0.25) is 0 Å². The van der Waals surface area contributed by atoms with E-state index in [0.29, 0.717) is 35.2 Å². The minimum atomic E-state index is -0.514. The van der Waals surface area contributed by atoms with Gasteiger partial charge in [0.2, 0.25) is 5.88 Å². The zero-order valence-electron chi connectivity index (χ0n) is 17.4. The van der Waals surface area contributed by atoms with E-state index in [-0.39, 0.29) is 18.1 Å². The van der Waals surface area contributed by atoms with Crippen molar-refractivity contribution in [1.29, 1.82) is 0 Å². The third-order valence-corrected chi connectivity index (χ3v) is 7.39. The Balaban J connectivity index is 1.46. The van der Waals surface area contributed by atoms with Crippen molar-refractivity contribution in [3.63, 3.8) is 0 Å². The molecule has 6 rings (SSSR count). The lowest BCUT2D eigenvalue weighted by Gasteiger charge is -2.60. The standard InChI is InChI=1S/C22H32N4O3/c1-13(2)29-20-18(11-23-12-24-20)21(27)26(25-17-4-3-5-17)19-15-6-14-7-16(19)10-22(28,8-14)9-15/h11-17,19,25,28H,3-10H2,1-2H3. The molecule has 29 heavy (non-hydrogen) atoms. The molecule has 5 aliphatic carbocycles. The smallest absolute Gasteiger partial charge is 0.275 e. The number of amides is 1. The largest absolute Gasteiger partial charge is 0.474 e. The summed E-state index contributed by atoms with van der Waals surface area (Å²) in [6.45, 7) is 3.86. The molecule has 7 heteroatoms. The van der Waals surface area contributed by atoms with Crippen molar-refractivity contribution >= 4 is 5.91 Å². The molecule has 0 spiro atoms. The highest BCUT2D eigenvalue weighted by atomic mass is 16.5. The van der Waals surface area contributed by atoms with E-state index in [2.05, 4.69) is 15.4 Å². The average Bonchev–Trinajstić information content (AvgIpc) is 2.60. The van der Waals surface area contributed by atoms with E-state index in [9.17, 15) is 9.90 Å². The van der Waals surface area contributed by atoms with Gasteiger partial charge in [0.1, 0.15) is 11.9 Å². The van der Waals surface area contributed by atoms with Crippen LogP contribution >= 0.6 is 0 Å². The molecule has 158 valence electrons. The number of nitrogens with one attached hydrogen (secondary N) is 1. The van der Waals surface area contributed by atoms with Crippen molar-refractivity contribution in [2.45, 2.75) is 89.0 Å². The Morgan fingerprint density at radius 2 is 2.00 bits per heavy atom. The van der Waals surface area contributed by atoms with Gasteiger partial charge < -0.3 is 9.84 Å². The summed E-state index contributed by atoms with van der Waals surface area (Å²) in [6.07, 6.45) is 11.1. The molecule has 1 heterocycles. The Kier molecular flexibility index (Phi) is 4.78. The van der Waals surface area contributed by atoms with Gasteiger partial charge in [0.05, 0.1) is 17.7 Å². The van der Waals surface area contributed by atoms with Crippen molar-refractivity contribution in [3.8, 4) is 5.88 Å². The van der Waals surface area contributed by atoms with Gasteiger partial charge in [-0.05, 0) is 76.5 Å². The molecule has 1 aromatic rings. The highest BCUT2D eigenvalue weighted by molar-refractivity contribution is 5.96. The number of carbonyl (C=O) groups is 1. The fourth-order valence-corrected chi connectivity index (χ4v) is 6.30. The predicted octanol–water partition coefficient (Wildman–Crippen LogP) is 2.70. The zero-order chi connectivity index (χ0) is 20.2. The van der Waals surface area contributed by atoms with Gasteiger partial charge in [0.25, 0.3) is 5.91 Å². The molecule has 2 N–H and O–H groups in total. The van der Waals surface area contributed by atoms with E-state index in [1.807, 2.05) is 18.9 Å². The van der Waals surface area contributed by atoms with Crippen LogP contribution in [0, 0.1) is 17.8 Å². The maximum absolute atomic E-state index is 13.8. The van der Waals surface area contributed by atoms with Crippen LogP contribution in [0.1, 0.15) is 75.6 Å². The van der Waals surface area contributed by atoms with Crippen molar-refractivity contribution in [3.05, 3.63) is 18.1 Å². The summed E-state index contributed by atoms with van der Waals surface area (Å²) in [4.78, 5) is 22.1. The first-order valence-electron chi connectivity index (χ1n) is 11.2. The number of nitrogens with zero attached hydrogens (tertiary/aromatic N) is 3. The molecule has 0 saturated heterocycles. The van der Waals surface area contributed by atoms with Gasteiger partial charge in [0, 0.05) is 12.2 Å². The SMILES string of the molecule is CC(C)Oc1ncncc1C(=O)N(NC1CCC1)C1C2CC3CC1CC(O)(C3)C2. The number of hydrogen-bond acceptors (Lipinski definition) is 6. The van der Waals surface area contributed by atoms with E-state index in [4.69, 9.17) is 4.74 Å². The molecular formula is C22H32N4O3. The molecule has 4 bridgehead atoms. The fourth-order valence-electron chi connectivity index (χ4n) is 6.30. The number of aromatic nitrogens is 2. The topological polar surface area (TPSA) is 87.6 Å². The second-order valence-corrected chi connectivity index (χ2v) is 10.0. The Morgan fingerprint density at radius 1 is 1.28 bits per heavy atom. The van der Waals surface area contributed by atoms with E-state index < -0.39 is 5.60 Å². The molecular weight excluding hydrogens is 368 g/mol. The summed E-state index contributed by atoms with van der Waals surface area (Å²) < 4.78 is 5.82. The van der Waals surface area contributed by atoms with Crippen LogP contribution in [0.3, 0.4) is 0 Å². The second-order valence-electron chi connectivity index (χ2n) is 10.0. The molecule has 0 aromatic carbocycles. The molecule has 5 saturated carbocycles.